The van der Waals surface area contributed by atoms with Crippen LogP contribution in [0, 0.1) is 0 Å². The lowest BCUT2D eigenvalue weighted by atomic mass is 10.2. The van der Waals surface area contributed by atoms with Crippen molar-refractivity contribution in [1.29, 1.82) is 0 Å². The van der Waals surface area contributed by atoms with E-state index in [-0.39, 0.29) is 12.9 Å². The van der Waals surface area contributed by atoms with E-state index in [9.17, 15) is 5.11 Å². The summed E-state index contributed by atoms with van der Waals surface area (Å²) in [6, 6.07) is 5.80. The van der Waals surface area contributed by atoms with Crippen molar-refractivity contribution in [2.45, 2.75) is 32.6 Å². The number of ether oxygens (including phenoxy) is 3. The Labute approximate surface area is 113 Å². The second-order valence-corrected chi connectivity index (χ2v) is 4.82. The highest BCUT2D eigenvalue weighted by Crippen LogP contribution is 2.35. The lowest BCUT2D eigenvalue weighted by Crippen LogP contribution is -2.31. The summed E-state index contributed by atoms with van der Waals surface area (Å²) in [6.07, 6.45) is -0.367. The Morgan fingerprint density at radius 1 is 1.37 bits per heavy atom. The van der Waals surface area contributed by atoms with Crippen LogP contribution >= 0.6 is 0 Å². The number of nitrogens with one attached hydrogen (secondary N) is 1. The fourth-order valence-electron chi connectivity index (χ4n) is 1.87. The van der Waals surface area contributed by atoms with Crippen molar-refractivity contribution in [2.24, 2.45) is 0 Å². The molecule has 0 amide bonds. The number of aliphatic hydroxyl groups excluding tert-OH is 1. The van der Waals surface area contributed by atoms with Crippen LogP contribution in [0.3, 0.4) is 0 Å². The van der Waals surface area contributed by atoms with Crippen LogP contribution in [-0.4, -0.2) is 37.3 Å². The van der Waals surface area contributed by atoms with Gasteiger partial charge in [0.15, 0.2) is 11.5 Å². The van der Waals surface area contributed by atoms with Crippen LogP contribution < -0.4 is 14.8 Å². The van der Waals surface area contributed by atoms with Gasteiger partial charge in [-0.3, -0.25) is 0 Å². The second kappa shape index (κ2) is 6.75. The molecular formula is C14H21NO4. The van der Waals surface area contributed by atoms with Gasteiger partial charge in [0.1, 0.15) is 0 Å². The normalized spacial score (nSPS) is 14.9. The molecule has 1 aliphatic heterocycles. The van der Waals surface area contributed by atoms with Gasteiger partial charge in [0.05, 0.1) is 18.8 Å². The maximum absolute atomic E-state index is 9.73. The Bertz CT molecular complexity index is 408. The van der Waals surface area contributed by atoms with Crippen LogP contribution in [0.25, 0.3) is 0 Å². The molecule has 1 aromatic carbocycles. The molecule has 1 aliphatic rings. The number of hydrogen-bond acceptors (Lipinski definition) is 5. The molecule has 5 heteroatoms. The molecular weight excluding hydrogens is 246 g/mol. The number of hydrogen-bond donors (Lipinski definition) is 2. The second-order valence-electron chi connectivity index (χ2n) is 4.82. The summed E-state index contributed by atoms with van der Waals surface area (Å²) >= 11 is 0. The number of rotatable bonds is 7. The Kier molecular flexibility index (Phi) is 5.01. The monoisotopic (exact) mass is 267 g/mol. The lowest BCUT2D eigenvalue weighted by Gasteiger charge is -2.14. The van der Waals surface area contributed by atoms with Crippen LogP contribution in [0.15, 0.2) is 18.2 Å². The van der Waals surface area contributed by atoms with Gasteiger partial charge in [-0.15, -0.1) is 0 Å². The van der Waals surface area contributed by atoms with Crippen molar-refractivity contribution >= 4 is 0 Å². The fourth-order valence-corrected chi connectivity index (χ4v) is 1.87. The first-order chi connectivity index (χ1) is 9.16. The molecule has 0 fully saturated rings. The minimum absolute atomic E-state index is 0.137. The van der Waals surface area contributed by atoms with Gasteiger partial charge in [-0.1, -0.05) is 12.1 Å². The average Bonchev–Trinajstić information content (AvgIpc) is 2.85. The zero-order valence-electron chi connectivity index (χ0n) is 11.4. The molecule has 0 aromatic heterocycles. The van der Waals surface area contributed by atoms with E-state index in [2.05, 4.69) is 5.32 Å². The molecule has 0 saturated heterocycles. The first-order valence-corrected chi connectivity index (χ1v) is 6.54. The molecule has 0 saturated carbocycles. The van der Waals surface area contributed by atoms with Gasteiger partial charge in [-0.2, -0.15) is 0 Å². The van der Waals surface area contributed by atoms with Crippen molar-refractivity contribution in [3.63, 3.8) is 0 Å². The minimum atomic E-state index is -0.503. The number of fused-ring (bicyclic) bond motifs is 1. The summed E-state index contributed by atoms with van der Waals surface area (Å²) in [5.74, 6) is 1.57. The molecule has 5 nitrogen and oxygen atoms in total. The van der Waals surface area contributed by atoms with Crippen molar-refractivity contribution < 1.29 is 19.3 Å². The van der Waals surface area contributed by atoms with Crippen LogP contribution in [0.1, 0.15) is 19.4 Å². The zero-order chi connectivity index (χ0) is 13.7. The highest BCUT2D eigenvalue weighted by molar-refractivity contribution is 5.48. The molecule has 1 unspecified atom stereocenters. The SMILES string of the molecule is CC(C)OCC(O)CNCc1cccc2c1OCO2. The molecule has 2 rings (SSSR count). The van der Waals surface area contributed by atoms with Crippen LogP contribution in [0.2, 0.25) is 0 Å². The first kappa shape index (κ1) is 14.1. The summed E-state index contributed by atoms with van der Waals surface area (Å²) < 4.78 is 16.1. The van der Waals surface area contributed by atoms with E-state index >= 15 is 0 Å². The standard InChI is InChI=1S/C14H21NO4/c1-10(2)17-8-12(16)7-15-6-11-4-3-5-13-14(11)19-9-18-13/h3-5,10,12,15-16H,6-9H2,1-2H3. The summed E-state index contributed by atoms with van der Waals surface area (Å²) in [5, 5.41) is 12.9. The van der Waals surface area contributed by atoms with Gasteiger partial charge in [-0.25, -0.2) is 0 Å². The molecule has 0 bridgehead atoms. The molecule has 1 heterocycles. The quantitative estimate of drug-likeness (QED) is 0.779. The summed E-state index contributed by atoms with van der Waals surface area (Å²) in [4.78, 5) is 0. The third-order valence-corrected chi connectivity index (χ3v) is 2.80. The molecule has 0 aliphatic carbocycles. The van der Waals surface area contributed by atoms with Crippen molar-refractivity contribution in [3.05, 3.63) is 23.8 Å². The highest BCUT2D eigenvalue weighted by atomic mass is 16.7. The minimum Gasteiger partial charge on any atom is -0.454 e. The molecule has 1 aromatic rings. The maximum atomic E-state index is 9.73. The first-order valence-electron chi connectivity index (χ1n) is 6.54. The Morgan fingerprint density at radius 2 is 2.21 bits per heavy atom. The van der Waals surface area contributed by atoms with Gasteiger partial charge < -0.3 is 24.6 Å². The van der Waals surface area contributed by atoms with E-state index in [4.69, 9.17) is 14.2 Å². The van der Waals surface area contributed by atoms with Gasteiger partial charge in [0.2, 0.25) is 6.79 Å². The van der Waals surface area contributed by atoms with Gasteiger partial charge in [-0.05, 0) is 19.9 Å². The largest absolute Gasteiger partial charge is 0.454 e. The van der Waals surface area contributed by atoms with E-state index in [0.29, 0.717) is 19.7 Å². The highest BCUT2D eigenvalue weighted by Gasteiger charge is 2.16. The number of aliphatic hydroxyl groups is 1. The van der Waals surface area contributed by atoms with Gasteiger partial charge in [0, 0.05) is 18.7 Å². The third-order valence-electron chi connectivity index (χ3n) is 2.80. The summed E-state index contributed by atoms with van der Waals surface area (Å²) in [5.41, 5.74) is 1.03. The van der Waals surface area contributed by atoms with Crippen LogP contribution in [0.4, 0.5) is 0 Å². The van der Waals surface area contributed by atoms with Gasteiger partial charge in [0.25, 0.3) is 0 Å². The van der Waals surface area contributed by atoms with E-state index < -0.39 is 6.10 Å². The molecule has 2 N–H and O–H groups in total. The molecule has 1 atom stereocenters. The van der Waals surface area contributed by atoms with E-state index in [1.165, 1.54) is 0 Å². The Balaban J connectivity index is 1.76. The Morgan fingerprint density at radius 3 is 3.00 bits per heavy atom. The smallest absolute Gasteiger partial charge is 0.231 e. The van der Waals surface area contributed by atoms with E-state index in [1.807, 2.05) is 32.0 Å². The number of para-hydroxylation sites is 1. The van der Waals surface area contributed by atoms with Crippen molar-refractivity contribution in [3.8, 4) is 11.5 Å². The van der Waals surface area contributed by atoms with Crippen molar-refractivity contribution in [2.75, 3.05) is 19.9 Å². The third kappa shape index (κ3) is 4.09. The van der Waals surface area contributed by atoms with Crippen LogP contribution in [-0.2, 0) is 11.3 Å². The molecule has 0 radical (unpaired) electrons. The topological polar surface area (TPSA) is 60.0 Å². The lowest BCUT2D eigenvalue weighted by molar-refractivity contribution is 0.00629. The predicted octanol–water partition coefficient (Wildman–Crippen LogP) is 1.29. The summed E-state index contributed by atoms with van der Waals surface area (Å²) in [7, 11) is 0. The molecule has 19 heavy (non-hydrogen) atoms. The van der Waals surface area contributed by atoms with Crippen molar-refractivity contribution in [1.82, 2.24) is 5.32 Å². The maximum Gasteiger partial charge on any atom is 0.231 e. The van der Waals surface area contributed by atoms with E-state index in [0.717, 1.165) is 17.1 Å². The van der Waals surface area contributed by atoms with E-state index in [1.54, 1.807) is 0 Å². The van der Waals surface area contributed by atoms with Gasteiger partial charge >= 0.3 is 0 Å². The number of benzene rings is 1. The van der Waals surface area contributed by atoms with Crippen LogP contribution in [0.5, 0.6) is 11.5 Å². The predicted molar refractivity (Wildman–Crippen MR) is 71.4 cm³/mol. The zero-order valence-corrected chi connectivity index (χ0v) is 11.4. The average molecular weight is 267 g/mol. The summed E-state index contributed by atoms with van der Waals surface area (Å²) in [6.45, 7) is 5.63. The molecule has 0 spiro atoms. The fraction of sp³-hybridized carbons (Fsp3) is 0.571. The Hall–Kier alpha value is -1.30. The molecule has 106 valence electrons.